The van der Waals surface area contributed by atoms with Gasteiger partial charge in [-0.05, 0) is 36.5 Å². The van der Waals surface area contributed by atoms with Gasteiger partial charge < -0.3 is 14.4 Å². The molecule has 2 heterocycles. The van der Waals surface area contributed by atoms with Gasteiger partial charge in [-0.1, -0.05) is 48.5 Å². The topological polar surface area (TPSA) is 59.1 Å². The van der Waals surface area contributed by atoms with Gasteiger partial charge >= 0.3 is 5.97 Å². The lowest BCUT2D eigenvalue weighted by atomic mass is 10.0. The van der Waals surface area contributed by atoms with Crippen molar-refractivity contribution < 1.29 is 19.1 Å². The number of rotatable bonds is 7. The summed E-state index contributed by atoms with van der Waals surface area (Å²) in [7, 11) is 1.38. The number of benzene rings is 2. The standard InChI is InChI=1S/C25H30N2O4/c1-30-25(29)22-11-7-14-27(22)24(28)18-26-15-13-21(17-26)31-23-12-6-5-10-20(23)16-19-8-3-2-4-9-19/h2-6,8-10,12,21-22H,7,11,13-18H2,1H3/t21-,22-/m0/s1. The monoisotopic (exact) mass is 422 g/mol. The number of ether oxygens (including phenoxy) is 2. The molecular formula is C25H30N2O4. The Morgan fingerprint density at radius 3 is 2.58 bits per heavy atom. The Morgan fingerprint density at radius 2 is 1.77 bits per heavy atom. The molecule has 0 N–H and O–H groups in total. The summed E-state index contributed by atoms with van der Waals surface area (Å²) in [5, 5.41) is 0. The number of methoxy groups -OCH3 is 1. The first-order chi connectivity index (χ1) is 15.1. The Balaban J connectivity index is 1.33. The lowest BCUT2D eigenvalue weighted by Gasteiger charge is -2.25. The minimum Gasteiger partial charge on any atom is -0.489 e. The third-order valence-corrected chi connectivity index (χ3v) is 6.14. The summed E-state index contributed by atoms with van der Waals surface area (Å²) < 4.78 is 11.2. The lowest BCUT2D eigenvalue weighted by molar-refractivity contribution is -0.151. The molecule has 0 aliphatic carbocycles. The highest BCUT2D eigenvalue weighted by atomic mass is 16.5. The molecule has 1 amide bonds. The minimum absolute atomic E-state index is 0.00183. The van der Waals surface area contributed by atoms with Gasteiger partial charge in [0.1, 0.15) is 17.9 Å². The van der Waals surface area contributed by atoms with Gasteiger partial charge in [-0.25, -0.2) is 4.79 Å². The molecule has 0 unspecified atom stereocenters. The maximum Gasteiger partial charge on any atom is 0.328 e. The number of hydrogen-bond acceptors (Lipinski definition) is 5. The zero-order chi connectivity index (χ0) is 21.6. The van der Waals surface area contributed by atoms with Gasteiger partial charge in [-0.3, -0.25) is 9.69 Å². The highest BCUT2D eigenvalue weighted by Crippen LogP contribution is 2.25. The fraction of sp³-hybridized carbons (Fsp3) is 0.440. The van der Waals surface area contributed by atoms with Gasteiger partial charge in [0, 0.05) is 26.1 Å². The molecule has 6 nitrogen and oxygen atoms in total. The molecule has 0 saturated carbocycles. The third kappa shape index (κ3) is 5.25. The average Bonchev–Trinajstić information content (AvgIpc) is 3.45. The molecule has 0 aromatic heterocycles. The molecule has 2 aromatic carbocycles. The van der Waals surface area contributed by atoms with Crippen LogP contribution in [0.15, 0.2) is 54.6 Å². The number of carbonyl (C=O) groups excluding carboxylic acids is 2. The van der Waals surface area contributed by atoms with Gasteiger partial charge in [0.25, 0.3) is 0 Å². The molecular weight excluding hydrogens is 392 g/mol. The Morgan fingerprint density at radius 1 is 1.00 bits per heavy atom. The van der Waals surface area contributed by atoms with Crippen LogP contribution in [-0.4, -0.2) is 67.1 Å². The molecule has 0 bridgehead atoms. The van der Waals surface area contributed by atoms with Crippen LogP contribution in [0.25, 0.3) is 0 Å². The predicted octanol–water partition coefficient (Wildman–Crippen LogP) is 2.89. The smallest absolute Gasteiger partial charge is 0.328 e. The summed E-state index contributed by atoms with van der Waals surface area (Å²) in [5.74, 6) is 0.594. The minimum atomic E-state index is -0.433. The first kappa shape index (κ1) is 21.4. The van der Waals surface area contributed by atoms with Crippen molar-refractivity contribution in [3.63, 3.8) is 0 Å². The van der Waals surface area contributed by atoms with E-state index in [4.69, 9.17) is 9.47 Å². The van der Waals surface area contributed by atoms with Crippen LogP contribution in [0.2, 0.25) is 0 Å². The molecule has 2 saturated heterocycles. The highest BCUT2D eigenvalue weighted by Gasteiger charge is 2.36. The van der Waals surface area contributed by atoms with Crippen LogP contribution >= 0.6 is 0 Å². The van der Waals surface area contributed by atoms with Crippen LogP contribution in [0.1, 0.15) is 30.4 Å². The van der Waals surface area contributed by atoms with Gasteiger partial charge in [0.15, 0.2) is 0 Å². The number of carbonyl (C=O) groups is 2. The molecule has 2 fully saturated rings. The molecule has 31 heavy (non-hydrogen) atoms. The van der Waals surface area contributed by atoms with E-state index in [2.05, 4.69) is 35.2 Å². The summed E-state index contributed by atoms with van der Waals surface area (Å²) in [6.45, 7) is 2.47. The molecule has 0 radical (unpaired) electrons. The van der Waals surface area contributed by atoms with Gasteiger partial charge in [-0.15, -0.1) is 0 Å². The summed E-state index contributed by atoms with van der Waals surface area (Å²) in [4.78, 5) is 28.5. The summed E-state index contributed by atoms with van der Waals surface area (Å²) in [5.41, 5.74) is 2.42. The van der Waals surface area contributed by atoms with Gasteiger partial charge in [0.2, 0.25) is 5.91 Å². The zero-order valence-corrected chi connectivity index (χ0v) is 18.0. The molecule has 2 aliphatic heterocycles. The molecule has 2 atom stereocenters. The number of hydrogen-bond donors (Lipinski definition) is 0. The maximum absolute atomic E-state index is 12.8. The van der Waals surface area contributed by atoms with E-state index < -0.39 is 6.04 Å². The van der Waals surface area contributed by atoms with Crippen LogP contribution in [0.4, 0.5) is 0 Å². The number of likely N-dealkylation sites (tertiary alicyclic amines) is 2. The summed E-state index contributed by atoms with van der Waals surface area (Å²) in [6, 6.07) is 18.1. The molecule has 164 valence electrons. The van der Waals surface area contributed by atoms with Crippen molar-refractivity contribution in [3.8, 4) is 5.75 Å². The Bertz CT molecular complexity index is 901. The number of para-hydroxylation sites is 1. The maximum atomic E-state index is 12.8. The van der Waals surface area contributed by atoms with E-state index in [1.54, 1.807) is 4.90 Å². The fourth-order valence-electron chi connectivity index (χ4n) is 4.53. The van der Waals surface area contributed by atoms with Crippen molar-refractivity contribution in [2.45, 2.75) is 37.8 Å². The Hall–Kier alpha value is -2.86. The number of nitrogens with zero attached hydrogens (tertiary/aromatic N) is 2. The van der Waals surface area contributed by atoms with Crippen LogP contribution in [0.3, 0.4) is 0 Å². The van der Waals surface area contributed by atoms with E-state index in [9.17, 15) is 9.59 Å². The second-order valence-corrected chi connectivity index (χ2v) is 8.30. The molecule has 2 aromatic rings. The van der Waals surface area contributed by atoms with Crippen molar-refractivity contribution >= 4 is 11.9 Å². The second-order valence-electron chi connectivity index (χ2n) is 8.30. The normalized spacial score (nSPS) is 21.3. The van der Waals surface area contributed by atoms with Crippen molar-refractivity contribution in [1.29, 1.82) is 0 Å². The first-order valence-electron chi connectivity index (χ1n) is 11.0. The zero-order valence-electron chi connectivity index (χ0n) is 18.0. The fourth-order valence-corrected chi connectivity index (χ4v) is 4.53. The SMILES string of the molecule is COC(=O)[C@@H]1CCCN1C(=O)CN1CC[C@H](Oc2ccccc2Cc2ccccc2)C1. The van der Waals surface area contributed by atoms with Gasteiger partial charge in [-0.2, -0.15) is 0 Å². The Kier molecular flexibility index (Phi) is 6.87. The van der Waals surface area contributed by atoms with Crippen LogP contribution < -0.4 is 4.74 Å². The van der Waals surface area contributed by atoms with Crippen LogP contribution in [0.5, 0.6) is 5.75 Å². The third-order valence-electron chi connectivity index (χ3n) is 6.14. The van der Waals surface area contributed by atoms with E-state index in [1.807, 2.05) is 24.3 Å². The van der Waals surface area contributed by atoms with E-state index in [-0.39, 0.29) is 18.0 Å². The van der Waals surface area contributed by atoms with E-state index in [0.29, 0.717) is 26.1 Å². The van der Waals surface area contributed by atoms with Crippen molar-refractivity contribution in [2.75, 3.05) is 33.3 Å². The quantitative estimate of drug-likeness (QED) is 0.642. The predicted molar refractivity (Wildman–Crippen MR) is 118 cm³/mol. The summed E-state index contributed by atoms with van der Waals surface area (Å²) >= 11 is 0. The van der Waals surface area contributed by atoms with Gasteiger partial charge in [0.05, 0.1) is 13.7 Å². The Labute approximate surface area is 183 Å². The largest absolute Gasteiger partial charge is 0.489 e. The van der Waals surface area contributed by atoms with E-state index in [0.717, 1.165) is 31.6 Å². The van der Waals surface area contributed by atoms with Crippen molar-refractivity contribution in [1.82, 2.24) is 9.80 Å². The first-order valence-corrected chi connectivity index (χ1v) is 11.0. The lowest BCUT2D eigenvalue weighted by Crippen LogP contribution is -2.45. The number of amides is 1. The van der Waals surface area contributed by atoms with Crippen molar-refractivity contribution in [3.05, 3.63) is 65.7 Å². The molecule has 6 heteroatoms. The van der Waals surface area contributed by atoms with E-state index >= 15 is 0 Å². The average molecular weight is 423 g/mol. The van der Waals surface area contributed by atoms with Crippen LogP contribution in [0, 0.1) is 0 Å². The van der Waals surface area contributed by atoms with Crippen molar-refractivity contribution in [2.24, 2.45) is 0 Å². The van der Waals surface area contributed by atoms with E-state index in [1.165, 1.54) is 18.2 Å². The number of esters is 1. The summed E-state index contributed by atoms with van der Waals surface area (Å²) in [6.07, 6.45) is 3.29. The van der Waals surface area contributed by atoms with Crippen LogP contribution in [-0.2, 0) is 20.7 Å². The molecule has 2 aliphatic rings. The molecule has 0 spiro atoms. The molecule has 4 rings (SSSR count). The highest BCUT2D eigenvalue weighted by molar-refractivity contribution is 5.86. The second kappa shape index (κ2) is 9.96.